The van der Waals surface area contributed by atoms with Gasteiger partial charge in [0.1, 0.15) is 0 Å². The molecule has 10 heteroatoms. The summed E-state index contributed by atoms with van der Waals surface area (Å²) in [7, 11) is 0. The molecule has 1 aromatic heterocycles. The maximum atomic E-state index is 12.9. The Morgan fingerprint density at radius 2 is 1.74 bits per heavy atom. The molecule has 0 atom stereocenters. The first-order chi connectivity index (χ1) is 16.2. The van der Waals surface area contributed by atoms with Gasteiger partial charge in [-0.25, -0.2) is 0 Å². The lowest BCUT2D eigenvalue weighted by Crippen LogP contribution is -2.17. The molecule has 1 aliphatic rings. The minimum atomic E-state index is -4.57. The number of amides is 2. The Kier molecular flexibility index (Phi) is 6.85. The van der Waals surface area contributed by atoms with Crippen LogP contribution in [0, 0.1) is 0 Å². The Balaban J connectivity index is 1.46. The highest BCUT2D eigenvalue weighted by atomic mass is 35.5. The standard InChI is InChI=1S/C24H20ClF3N4O2/c25-21-7-6-18(31-22(33)15-2-1-3-16(9-15)24(26,27)28)10-20(21)23(34)32-19-8-14(11-29-13-19)12-30-17-4-5-17/h1-3,6-11,13,17,30H,4-5,12H2,(H,31,33)(H,32,34). The molecule has 0 bridgehead atoms. The number of halogens is 4. The fourth-order valence-electron chi connectivity index (χ4n) is 3.22. The van der Waals surface area contributed by atoms with Crippen LogP contribution >= 0.6 is 11.6 Å². The van der Waals surface area contributed by atoms with Crippen molar-refractivity contribution in [1.82, 2.24) is 10.3 Å². The predicted octanol–water partition coefficient (Wildman–Crippen LogP) is 5.51. The maximum Gasteiger partial charge on any atom is 0.416 e. The average molecular weight is 489 g/mol. The highest BCUT2D eigenvalue weighted by Crippen LogP contribution is 2.30. The van der Waals surface area contributed by atoms with E-state index >= 15 is 0 Å². The molecule has 0 aliphatic heterocycles. The quantitative estimate of drug-likeness (QED) is 0.409. The second-order valence-electron chi connectivity index (χ2n) is 7.92. The van der Waals surface area contributed by atoms with Gasteiger partial charge in [0.15, 0.2) is 0 Å². The van der Waals surface area contributed by atoms with Crippen molar-refractivity contribution >= 4 is 34.8 Å². The number of pyridine rings is 1. The molecule has 0 radical (unpaired) electrons. The summed E-state index contributed by atoms with van der Waals surface area (Å²) in [4.78, 5) is 29.4. The first kappa shape index (κ1) is 23.7. The lowest BCUT2D eigenvalue weighted by atomic mass is 10.1. The molecule has 2 aromatic carbocycles. The highest BCUT2D eigenvalue weighted by molar-refractivity contribution is 6.34. The first-order valence-electron chi connectivity index (χ1n) is 10.5. The molecule has 4 rings (SSSR count). The van der Waals surface area contributed by atoms with Crippen molar-refractivity contribution in [3.63, 3.8) is 0 Å². The average Bonchev–Trinajstić information content (AvgIpc) is 3.63. The van der Waals surface area contributed by atoms with Gasteiger partial charge in [-0.05, 0) is 60.9 Å². The van der Waals surface area contributed by atoms with Crippen LogP contribution in [0.1, 0.15) is 44.7 Å². The summed E-state index contributed by atoms with van der Waals surface area (Å²) in [6.45, 7) is 0.638. The van der Waals surface area contributed by atoms with Crippen LogP contribution in [0.4, 0.5) is 24.5 Å². The predicted molar refractivity (Wildman–Crippen MR) is 123 cm³/mol. The van der Waals surface area contributed by atoms with Crippen LogP contribution in [0.25, 0.3) is 0 Å². The van der Waals surface area contributed by atoms with Gasteiger partial charge in [0, 0.05) is 30.0 Å². The van der Waals surface area contributed by atoms with E-state index in [2.05, 4.69) is 20.9 Å². The van der Waals surface area contributed by atoms with Crippen molar-refractivity contribution in [3.05, 3.63) is 88.2 Å². The van der Waals surface area contributed by atoms with E-state index in [9.17, 15) is 22.8 Å². The molecule has 1 fully saturated rings. The fraction of sp³-hybridized carbons (Fsp3) is 0.208. The molecule has 0 unspecified atom stereocenters. The number of alkyl halides is 3. The minimum absolute atomic E-state index is 0.0880. The monoisotopic (exact) mass is 488 g/mol. The molecule has 1 saturated carbocycles. The number of nitrogens with one attached hydrogen (secondary N) is 3. The number of aromatic nitrogens is 1. The van der Waals surface area contributed by atoms with Crippen LogP contribution in [0.15, 0.2) is 60.9 Å². The topological polar surface area (TPSA) is 83.1 Å². The summed E-state index contributed by atoms with van der Waals surface area (Å²) in [5.74, 6) is -1.27. The normalized spacial score (nSPS) is 13.4. The van der Waals surface area contributed by atoms with Crippen molar-refractivity contribution in [2.45, 2.75) is 31.6 Å². The Morgan fingerprint density at radius 1 is 0.971 bits per heavy atom. The molecule has 0 spiro atoms. The van der Waals surface area contributed by atoms with E-state index in [4.69, 9.17) is 11.6 Å². The number of hydrogen-bond acceptors (Lipinski definition) is 4. The lowest BCUT2D eigenvalue weighted by molar-refractivity contribution is -0.137. The summed E-state index contributed by atoms with van der Waals surface area (Å²) < 4.78 is 38.8. The van der Waals surface area contributed by atoms with Crippen molar-refractivity contribution in [2.75, 3.05) is 10.6 Å². The van der Waals surface area contributed by atoms with Gasteiger partial charge in [0.25, 0.3) is 11.8 Å². The van der Waals surface area contributed by atoms with Gasteiger partial charge in [-0.3, -0.25) is 14.6 Å². The SMILES string of the molecule is O=C(Nc1ccc(Cl)c(C(=O)Nc2cncc(CNC3CC3)c2)c1)c1cccc(C(F)(F)F)c1. The zero-order chi connectivity index (χ0) is 24.3. The molecular formula is C24H20ClF3N4O2. The summed E-state index contributed by atoms with van der Waals surface area (Å²) in [5, 5.41) is 8.74. The Hall–Kier alpha value is -3.43. The Labute approximate surface area is 198 Å². The van der Waals surface area contributed by atoms with Gasteiger partial charge >= 0.3 is 6.18 Å². The van der Waals surface area contributed by atoms with Crippen LogP contribution < -0.4 is 16.0 Å². The Morgan fingerprint density at radius 3 is 2.47 bits per heavy atom. The Bertz CT molecular complexity index is 1230. The van der Waals surface area contributed by atoms with E-state index in [0.29, 0.717) is 18.3 Å². The highest BCUT2D eigenvalue weighted by Gasteiger charge is 2.31. The third-order valence-corrected chi connectivity index (χ3v) is 5.48. The summed E-state index contributed by atoms with van der Waals surface area (Å²) in [5.41, 5.74) is 0.591. The largest absolute Gasteiger partial charge is 0.416 e. The number of nitrogens with zero attached hydrogens (tertiary/aromatic N) is 1. The van der Waals surface area contributed by atoms with Gasteiger partial charge in [0.2, 0.25) is 0 Å². The van der Waals surface area contributed by atoms with E-state index in [-0.39, 0.29) is 21.8 Å². The first-order valence-corrected chi connectivity index (χ1v) is 10.8. The third kappa shape index (κ3) is 6.12. The summed E-state index contributed by atoms with van der Waals surface area (Å²) in [6, 6.07) is 10.6. The van der Waals surface area contributed by atoms with E-state index in [0.717, 1.165) is 36.6 Å². The van der Waals surface area contributed by atoms with Crippen LogP contribution in [0.2, 0.25) is 5.02 Å². The fourth-order valence-corrected chi connectivity index (χ4v) is 3.42. The zero-order valence-electron chi connectivity index (χ0n) is 17.7. The maximum absolute atomic E-state index is 12.9. The van der Waals surface area contributed by atoms with Crippen molar-refractivity contribution in [1.29, 1.82) is 0 Å². The number of anilines is 2. The van der Waals surface area contributed by atoms with Crippen LogP contribution in [-0.4, -0.2) is 22.8 Å². The van der Waals surface area contributed by atoms with E-state index in [1.165, 1.54) is 30.5 Å². The summed E-state index contributed by atoms with van der Waals surface area (Å²) >= 11 is 6.18. The summed E-state index contributed by atoms with van der Waals surface area (Å²) in [6.07, 6.45) is 0.960. The van der Waals surface area contributed by atoms with Crippen LogP contribution in [0.5, 0.6) is 0 Å². The minimum Gasteiger partial charge on any atom is -0.322 e. The molecule has 1 aliphatic carbocycles. The molecule has 1 heterocycles. The lowest BCUT2D eigenvalue weighted by Gasteiger charge is -2.12. The zero-order valence-corrected chi connectivity index (χ0v) is 18.5. The molecule has 34 heavy (non-hydrogen) atoms. The number of benzene rings is 2. The van der Waals surface area contributed by atoms with Gasteiger partial charge in [-0.2, -0.15) is 13.2 Å². The number of rotatable bonds is 7. The van der Waals surface area contributed by atoms with Crippen molar-refractivity contribution in [3.8, 4) is 0 Å². The molecule has 176 valence electrons. The number of carbonyl (C=O) groups excluding carboxylic acids is 2. The molecule has 3 N–H and O–H groups in total. The second-order valence-corrected chi connectivity index (χ2v) is 8.33. The van der Waals surface area contributed by atoms with Gasteiger partial charge in [-0.15, -0.1) is 0 Å². The number of hydrogen-bond donors (Lipinski definition) is 3. The molecule has 0 saturated heterocycles. The van der Waals surface area contributed by atoms with Crippen molar-refractivity contribution in [2.24, 2.45) is 0 Å². The molecule has 3 aromatic rings. The van der Waals surface area contributed by atoms with Gasteiger partial charge in [-0.1, -0.05) is 17.7 Å². The van der Waals surface area contributed by atoms with Crippen molar-refractivity contribution < 1.29 is 22.8 Å². The molecule has 2 amide bonds. The molecular weight excluding hydrogens is 469 g/mol. The second kappa shape index (κ2) is 9.82. The van der Waals surface area contributed by atoms with E-state index in [1.54, 1.807) is 12.3 Å². The third-order valence-electron chi connectivity index (χ3n) is 5.15. The number of carbonyl (C=O) groups is 2. The van der Waals surface area contributed by atoms with Gasteiger partial charge in [0.05, 0.1) is 28.0 Å². The van der Waals surface area contributed by atoms with Gasteiger partial charge < -0.3 is 16.0 Å². The molecule has 6 nitrogen and oxygen atoms in total. The smallest absolute Gasteiger partial charge is 0.322 e. The van der Waals surface area contributed by atoms with E-state index in [1.807, 2.05) is 0 Å². The van der Waals surface area contributed by atoms with Crippen LogP contribution in [-0.2, 0) is 12.7 Å². The van der Waals surface area contributed by atoms with E-state index < -0.39 is 23.6 Å². The van der Waals surface area contributed by atoms with Crippen LogP contribution in [0.3, 0.4) is 0 Å².